The van der Waals surface area contributed by atoms with Gasteiger partial charge in [0.05, 0.1) is 11.9 Å². The number of hydrogen-bond acceptors (Lipinski definition) is 4. The molecule has 3 rings (SSSR count). The molecular weight excluding hydrogens is 290 g/mol. The Morgan fingerprint density at radius 2 is 2.43 bits per heavy atom. The molecule has 0 aromatic carbocycles. The average Bonchev–Trinajstić information content (AvgIpc) is 3.11. The van der Waals surface area contributed by atoms with Gasteiger partial charge in [0, 0.05) is 18.8 Å². The molecule has 2 unspecified atom stereocenters. The fourth-order valence-corrected chi connectivity index (χ4v) is 3.04. The first-order valence-electron chi connectivity index (χ1n) is 8.19. The van der Waals surface area contributed by atoms with Gasteiger partial charge in [-0.1, -0.05) is 6.92 Å². The Hall–Kier alpha value is -2.21. The topological polar surface area (TPSA) is 71.8 Å². The van der Waals surface area contributed by atoms with Crippen LogP contribution in [0.3, 0.4) is 0 Å². The van der Waals surface area contributed by atoms with Gasteiger partial charge in [0.2, 0.25) is 5.91 Å². The van der Waals surface area contributed by atoms with E-state index < -0.39 is 0 Å². The van der Waals surface area contributed by atoms with Gasteiger partial charge in [-0.3, -0.25) is 4.79 Å². The van der Waals surface area contributed by atoms with E-state index >= 15 is 0 Å². The van der Waals surface area contributed by atoms with Crippen LogP contribution in [0, 0.1) is 11.8 Å². The van der Waals surface area contributed by atoms with Crippen LogP contribution in [0.2, 0.25) is 0 Å². The Kier molecular flexibility index (Phi) is 5.02. The van der Waals surface area contributed by atoms with Crippen molar-refractivity contribution in [3.63, 3.8) is 0 Å². The van der Waals surface area contributed by atoms with E-state index in [0.717, 1.165) is 24.6 Å². The van der Waals surface area contributed by atoms with Crippen LogP contribution in [-0.4, -0.2) is 33.8 Å². The average molecular weight is 313 g/mol. The van der Waals surface area contributed by atoms with Crippen molar-refractivity contribution in [2.45, 2.75) is 26.2 Å². The van der Waals surface area contributed by atoms with Gasteiger partial charge < -0.3 is 10.6 Å². The quantitative estimate of drug-likeness (QED) is 0.888. The number of anilines is 1. The lowest BCUT2D eigenvalue weighted by Crippen LogP contribution is -2.34. The molecule has 0 saturated carbocycles. The molecule has 6 nitrogen and oxygen atoms in total. The zero-order valence-corrected chi connectivity index (χ0v) is 13.4. The molecule has 2 aromatic rings. The largest absolute Gasteiger partial charge is 0.325 e. The lowest BCUT2D eigenvalue weighted by atomic mass is 9.85. The van der Waals surface area contributed by atoms with Crippen LogP contribution in [0.1, 0.15) is 26.2 Å². The Morgan fingerprint density at radius 1 is 1.52 bits per heavy atom. The summed E-state index contributed by atoms with van der Waals surface area (Å²) < 4.78 is 1.68. The van der Waals surface area contributed by atoms with Gasteiger partial charge in [-0.05, 0) is 56.0 Å². The maximum absolute atomic E-state index is 12.2. The zero-order chi connectivity index (χ0) is 16.1. The molecule has 0 radical (unpaired) electrons. The number of aromatic nitrogens is 3. The predicted octanol–water partition coefficient (Wildman–Crippen LogP) is 2.23. The summed E-state index contributed by atoms with van der Waals surface area (Å²) in [5, 5.41) is 10.5. The molecular formula is C17H23N5O. The second-order valence-electron chi connectivity index (χ2n) is 6.19. The van der Waals surface area contributed by atoms with Crippen molar-refractivity contribution in [2.75, 3.05) is 18.4 Å². The van der Waals surface area contributed by atoms with Gasteiger partial charge in [0.1, 0.15) is 0 Å². The molecule has 2 atom stereocenters. The molecule has 1 fully saturated rings. The highest BCUT2D eigenvalue weighted by atomic mass is 16.1. The van der Waals surface area contributed by atoms with E-state index in [0.29, 0.717) is 18.3 Å². The molecule has 6 heteroatoms. The van der Waals surface area contributed by atoms with Gasteiger partial charge in [-0.25, -0.2) is 9.67 Å². The van der Waals surface area contributed by atoms with Crippen LogP contribution in [0.4, 0.5) is 5.69 Å². The van der Waals surface area contributed by atoms with Crippen LogP contribution in [-0.2, 0) is 4.79 Å². The van der Waals surface area contributed by atoms with E-state index in [2.05, 4.69) is 27.6 Å². The molecule has 3 heterocycles. The first-order valence-corrected chi connectivity index (χ1v) is 8.19. The Labute approximate surface area is 136 Å². The number of pyridine rings is 1. The van der Waals surface area contributed by atoms with Gasteiger partial charge in [0.15, 0.2) is 5.82 Å². The summed E-state index contributed by atoms with van der Waals surface area (Å²) in [6, 6.07) is 5.55. The first kappa shape index (κ1) is 15.7. The number of nitrogens with one attached hydrogen (secondary N) is 2. The molecule has 2 N–H and O–H groups in total. The normalized spacial score (nSPS) is 19.3. The molecule has 0 bridgehead atoms. The van der Waals surface area contributed by atoms with Crippen LogP contribution >= 0.6 is 0 Å². The number of carbonyl (C=O) groups excluding carboxylic acids is 1. The summed E-state index contributed by atoms with van der Waals surface area (Å²) >= 11 is 0. The number of nitrogens with zero attached hydrogens (tertiary/aromatic N) is 3. The second-order valence-corrected chi connectivity index (χ2v) is 6.19. The fraction of sp³-hybridized carbons (Fsp3) is 0.471. The summed E-state index contributed by atoms with van der Waals surface area (Å²) in [6.07, 6.45) is 8.17. The van der Waals surface area contributed by atoms with E-state index in [4.69, 9.17) is 0 Å². The smallest absolute Gasteiger partial charge is 0.224 e. The number of rotatable bonds is 5. The Morgan fingerprint density at radius 3 is 3.09 bits per heavy atom. The third kappa shape index (κ3) is 4.16. The lowest BCUT2D eigenvalue weighted by Gasteiger charge is -2.28. The van der Waals surface area contributed by atoms with Crippen molar-refractivity contribution in [1.29, 1.82) is 0 Å². The molecule has 2 aromatic heterocycles. The molecule has 1 aliphatic heterocycles. The van der Waals surface area contributed by atoms with E-state index in [-0.39, 0.29) is 5.91 Å². The fourth-order valence-electron chi connectivity index (χ4n) is 3.04. The Bertz CT molecular complexity index is 617. The molecule has 0 spiro atoms. The van der Waals surface area contributed by atoms with Crippen LogP contribution < -0.4 is 10.6 Å². The van der Waals surface area contributed by atoms with Crippen LogP contribution in [0.25, 0.3) is 5.82 Å². The second kappa shape index (κ2) is 7.37. The highest BCUT2D eigenvalue weighted by Gasteiger charge is 2.22. The van der Waals surface area contributed by atoms with E-state index in [1.165, 1.54) is 12.8 Å². The summed E-state index contributed by atoms with van der Waals surface area (Å²) in [4.78, 5) is 16.5. The standard InChI is InChI=1S/C17H23N5O/c1-13(14-4-2-7-18-11-14)10-17(23)21-15-5-6-16(19-12-15)22-9-3-8-20-22/h3,5-6,8-9,12-14,18H,2,4,7,10-11H2,1H3,(H,21,23). The predicted molar refractivity (Wildman–Crippen MR) is 89.4 cm³/mol. The molecule has 1 aliphatic rings. The SMILES string of the molecule is CC(CC(=O)Nc1ccc(-n2cccn2)nc1)C1CCCNC1. The van der Waals surface area contributed by atoms with E-state index in [1.807, 2.05) is 24.4 Å². The van der Waals surface area contributed by atoms with Gasteiger partial charge in [-0.2, -0.15) is 5.10 Å². The third-order valence-electron chi connectivity index (χ3n) is 4.42. The van der Waals surface area contributed by atoms with Crippen molar-refractivity contribution in [2.24, 2.45) is 11.8 Å². The number of amides is 1. The maximum atomic E-state index is 12.2. The van der Waals surface area contributed by atoms with Gasteiger partial charge >= 0.3 is 0 Å². The highest BCUT2D eigenvalue weighted by molar-refractivity contribution is 5.90. The number of hydrogen-bond donors (Lipinski definition) is 2. The maximum Gasteiger partial charge on any atom is 0.224 e. The van der Waals surface area contributed by atoms with Crippen LogP contribution in [0.15, 0.2) is 36.8 Å². The van der Waals surface area contributed by atoms with E-state index in [1.54, 1.807) is 17.1 Å². The number of carbonyl (C=O) groups is 1. The molecule has 0 aliphatic carbocycles. The van der Waals surface area contributed by atoms with Gasteiger partial charge in [0.25, 0.3) is 0 Å². The van der Waals surface area contributed by atoms with Crippen molar-refractivity contribution >= 4 is 11.6 Å². The zero-order valence-electron chi connectivity index (χ0n) is 13.4. The molecule has 23 heavy (non-hydrogen) atoms. The minimum atomic E-state index is 0.0525. The Balaban J connectivity index is 1.53. The summed E-state index contributed by atoms with van der Waals surface area (Å²) in [7, 11) is 0. The summed E-state index contributed by atoms with van der Waals surface area (Å²) in [5.74, 6) is 1.76. The minimum Gasteiger partial charge on any atom is -0.325 e. The van der Waals surface area contributed by atoms with Gasteiger partial charge in [-0.15, -0.1) is 0 Å². The van der Waals surface area contributed by atoms with Crippen molar-refractivity contribution in [3.8, 4) is 5.82 Å². The van der Waals surface area contributed by atoms with Crippen LogP contribution in [0.5, 0.6) is 0 Å². The van der Waals surface area contributed by atoms with Crippen molar-refractivity contribution < 1.29 is 4.79 Å². The first-order chi connectivity index (χ1) is 11.2. The molecule has 122 valence electrons. The van der Waals surface area contributed by atoms with Crippen molar-refractivity contribution in [1.82, 2.24) is 20.1 Å². The van der Waals surface area contributed by atoms with Crippen molar-refractivity contribution in [3.05, 3.63) is 36.8 Å². The number of piperidine rings is 1. The molecule has 1 saturated heterocycles. The summed E-state index contributed by atoms with van der Waals surface area (Å²) in [6.45, 7) is 4.29. The highest BCUT2D eigenvalue weighted by Crippen LogP contribution is 2.23. The molecule has 1 amide bonds. The third-order valence-corrected chi connectivity index (χ3v) is 4.42. The minimum absolute atomic E-state index is 0.0525. The monoisotopic (exact) mass is 313 g/mol. The lowest BCUT2D eigenvalue weighted by molar-refractivity contribution is -0.117. The summed E-state index contributed by atoms with van der Waals surface area (Å²) in [5.41, 5.74) is 0.722. The van der Waals surface area contributed by atoms with E-state index in [9.17, 15) is 4.79 Å².